The second-order valence-electron chi connectivity index (χ2n) is 6.29. The van der Waals surface area contributed by atoms with Crippen molar-refractivity contribution in [3.05, 3.63) is 47.7 Å². The maximum atomic E-state index is 11.7. The minimum absolute atomic E-state index is 0.0140. The molecule has 11 nitrogen and oxygen atoms in total. The second-order valence-corrected chi connectivity index (χ2v) is 9.08. The molecule has 2 aromatic carbocycles. The topological polar surface area (TPSA) is 167 Å². The number of fused-ring (bicyclic) bond motifs is 1. The predicted octanol–water partition coefficient (Wildman–Crippen LogP) is 3.29. The first kappa shape index (κ1) is 21.8. The summed E-state index contributed by atoms with van der Waals surface area (Å²) in [5, 5.41) is 14.5. The van der Waals surface area contributed by atoms with Gasteiger partial charge in [0.05, 0.1) is 20.8 Å². The van der Waals surface area contributed by atoms with Crippen molar-refractivity contribution in [2.45, 2.75) is 4.90 Å². The second kappa shape index (κ2) is 8.63. The molecule has 2 aromatic heterocycles. The molecule has 0 saturated carbocycles. The first-order valence-corrected chi connectivity index (χ1v) is 11.4. The van der Waals surface area contributed by atoms with Crippen molar-refractivity contribution in [3.63, 3.8) is 0 Å². The summed E-state index contributed by atoms with van der Waals surface area (Å²) >= 11 is 7.24. The molecular formula is C18H13ClN6O5S2. The minimum atomic E-state index is -4.46. The first-order valence-electron chi connectivity index (χ1n) is 8.81. The number of hydrogen-bond donors (Lipinski definition) is 4. The Labute approximate surface area is 189 Å². The molecule has 0 unspecified atom stereocenters. The van der Waals surface area contributed by atoms with E-state index in [9.17, 15) is 17.8 Å². The number of carbonyl (C=O) groups is 1. The molecule has 0 bridgehead atoms. The van der Waals surface area contributed by atoms with E-state index in [1.807, 2.05) is 24.3 Å². The van der Waals surface area contributed by atoms with Crippen LogP contribution >= 0.6 is 22.9 Å². The SMILES string of the molecule is O=C(O)CNc1nc(Cl)nc(Nc2ccc(S(=O)(=O)O)cc2-c2nc3ccccc3s2)n1. The fourth-order valence-electron chi connectivity index (χ4n) is 2.72. The van der Waals surface area contributed by atoms with E-state index in [-0.39, 0.29) is 22.1 Å². The molecule has 0 atom stereocenters. The van der Waals surface area contributed by atoms with Gasteiger partial charge in [0.25, 0.3) is 10.1 Å². The van der Waals surface area contributed by atoms with E-state index >= 15 is 0 Å². The van der Waals surface area contributed by atoms with Gasteiger partial charge in [-0.2, -0.15) is 23.4 Å². The van der Waals surface area contributed by atoms with Crippen LogP contribution in [0, 0.1) is 0 Å². The lowest BCUT2D eigenvalue weighted by molar-refractivity contribution is -0.134. The van der Waals surface area contributed by atoms with Gasteiger partial charge in [0.15, 0.2) is 0 Å². The van der Waals surface area contributed by atoms with Crippen LogP contribution in [0.2, 0.25) is 5.28 Å². The van der Waals surface area contributed by atoms with Crippen LogP contribution in [0.25, 0.3) is 20.8 Å². The lowest BCUT2D eigenvalue weighted by Crippen LogP contribution is -2.15. The number of nitrogens with one attached hydrogen (secondary N) is 2. The van der Waals surface area contributed by atoms with Gasteiger partial charge in [0, 0.05) is 5.56 Å². The number of benzene rings is 2. The number of nitrogens with zero attached hydrogens (tertiary/aromatic N) is 4. The number of hydrogen-bond acceptors (Lipinski definition) is 10. The molecule has 0 aliphatic carbocycles. The van der Waals surface area contributed by atoms with E-state index in [2.05, 4.69) is 30.6 Å². The number of anilines is 3. The van der Waals surface area contributed by atoms with E-state index in [4.69, 9.17) is 16.7 Å². The third kappa shape index (κ3) is 4.91. The highest BCUT2D eigenvalue weighted by Gasteiger charge is 2.18. The maximum absolute atomic E-state index is 11.7. The number of thiazole rings is 1. The fourth-order valence-corrected chi connectivity index (χ4v) is 4.38. The highest BCUT2D eigenvalue weighted by Crippen LogP contribution is 2.37. The average molecular weight is 493 g/mol. The zero-order valence-electron chi connectivity index (χ0n) is 15.9. The summed E-state index contributed by atoms with van der Waals surface area (Å²) in [4.78, 5) is 26.8. The lowest BCUT2D eigenvalue weighted by atomic mass is 10.2. The third-order valence-corrected chi connectivity index (χ3v) is 6.15. The van der Waals surface area contributed by atoms with Crippen molar-refractivity contribution in [2.75, 3.05) is 17.2 Å². The van der Waals surface area contributed by atoms with E-state index in [1.165, 1.54) is 29.5 Å². The van der Waals surface area contributed by atoms with Gasteiger partial charge in [0.2, 0.25) is 17.2 Å². The number of para-hydroxylation sites is 1. The molecule has 4 aromatic rings. The average Bonchev–Trinajstić information content (AvgIpc) is 3.15. The van der Waals surface area contributed by atoms with Gasteiger partial charge in [-0.25, -0.2) is 4.98 Å². The fraction of sp³-hybridized carbons (Fsp3) is 0.0556. The largest absolute Gasteiger partial charge is 0.480 e. The summed E-state index contributed by atoms with van der Waals surface area (Å²) in [6.45, 7) is -0.431. The molecule has 0 saturated heterocycles. The molecule has 0 amide bonds. The van der Waals surface area contributed by atoms with Crippen LogP contribution in [0.1, 0.15) is 0 Å². The number of carboxylic acid groups (broad SMARTS) is 1. The van der Waals surface area contributed by atoms with Crippen LogP contribution in [-0.2, 0) is 14.9 Å². The van der Waals surface area contributed by atoms with Gasteiger partial charge in [0.1, 0.15) is 11.6 Å². The van der Waals surface area contributed by atoms with E-state index in [1.54, 1.807) is 0 Å². The molecule has 0 spiro atoms. The molecule has 2 heterocycles. The van der Waals surface area contributed by atoms with Crippen molar-refractivity contribution in [3.8, 4) is 10.6 Å². The number of aromatic nitrogens is 4. The Hall–Kier alpha value is -3.39. The zero-order chi connectivity index (χ0) is 22.9. The molecule has 4 N–H and O–H groups in total. The van der Waals surface area contributed by atoms with Crippen LogP contribution < -0.4 is 10.6 Å². The summed E-state index contributed by atoms with van der Waals surface area (Å²) in [6, 6.07) is 11.3. The van der Waals surface area contributed by atoms with Crippen molar-refractivity contribution in [2.24, 2.45) is 0 Å². The highest BCUT2D eigenvalue weighted by molar-refractivity contribution is 7.85. The van der Waals surface area contributed by atoms with Gasteiger partial charge in [-0.05, 0) is 41.9 Å². The number of rotatable bonds is 7. The van der Waals surface area contributed by atoms with Crippen LogP contribution in [0.3, 0.4) is 0 Å². The summed E-state index contributed by atoms with van der Waals surface area (Å²) in [5.41, 5.74) is 1.47. The minimum Gasteiger partial charge on any atom is -0.480 e. The van der Waals surface area contributed by atoms with Crippen molar-refractivity contribution in [1.82, 2.24) is 19.9 Å². The molecule has 0 aliphatic heterocycles. The summed E-state index contributed by atoms with van der Waals surface area (Å²) in [5.74, 6) is -1.19. The molecule has 4 rings (SSSR count). The van der Waals surface area contributed by atoms with Crippen LogP contribution in [0.15, 0.2) is 47.4 Å². The molecule has 164 valence electrons. The molecule has 14 heteroatoms. The van der Waals surface area contributed by atoms with Crippen LogP contribution in [0.5, 0.6) is 0 Å². The normalized spacial score (nSPS) is 11.4. The Morgan fingerprint density at radius 1 is 1.06 bits per heavy atom. The Kier molecular flexibility index (Phi) is 5.88. The number of halogens is 1. The molecule has 0 fully saturated rings. The van der Waals surface area contributed by atoms with E-state index in [0.29, 0.717) is 16.3 Å². The number of carboxylic acids is 1. The van der Waals surface area contributed by atoms with Crippen molar-refractivity contribution < 1.29 is 22.9 Å². The van der Waals surface area contributed by atoms with Gasteiger partial charge < -0.3 is 15.7 Å². The van der Waals surface area contributed by atoms with E-state index in [0.717, 1.165) is 10.2 Å². The Balaban J connectivity index is 1.78. The smallest absolute Gasteiger partial charge is 0.322 e. The van der Waals surface area contributed by atoms with E-state index < -0.39 is 22.6 Å². The predicted molar refractivity (Wildman–Crippen MR) is 119 cm³/mol. The molecular weight excluding hydrogens is 480 g/mol. The number of aliphatic carboxylic acids is 1. The quantitative estimate of drug-likeness (QED) is 0.279. The summed E-state index contributed by atoms with van der Waals surface area (Å²) in [7, 11) is -4.46. The Bertz CT molecular complexity index is 1410. The van der Waals surface area contributed by atoms with Gasteiger partial charge >= 0.3 is 5.97 Å². The maximum Gasteiger partial charge on any atom is 0.322 e. The Morgan fingerprint density at radius 3 is 2.53 bits per heavy atom. The summed E-state index contributed by atoms with van der Waals surface area (Å²) in [6.07, 6.45) is 0. The lowest BCUT2D eigenvalue weighted by Gasteiger charge is -2.11. The van der Waals surface area contributed by atoms with Gasteiger partial charge in [-0.15, -0.1) is 11.3 Å². The van der Waals surface area contributed by atoms with Gasteiger partial charge in [-0.3, -0.25) is 9.35 Å². The van der Waals surface area contributed by atoms with Crippen molar-refractivity contribution in [1.29, 1.82) is 0 Å². The first-order chi connectivity index (χ1) is 15.2. The standard InChI is InChI=1S/C18H13ClN6O5S2/c19-16-23-17(20-8-14(26)27)25-18(24-16)22-11-6-5-9(32(28,29)30)7-10(11)15-21-12-3-1-2-4-13(12)31-15/h1-7H,8H2,(H,26,27)(H,28,29,30)(H2,20,22,23,24,25). The van der Waals surface area contributed by atoms with Crippen LogP contribution in [0.4, 0.5) is 17.6 Å². The van der Waals surface area contributed by atoms with Crippen LogP contribution in [-0.4, -0.2) is 50.5 Å². The third-order valence-electron chi connectivity index (χ3n) is 4.07. The molecule has 32 heavy (non-hydrogen) atoms. The molecule has 0 aliphatic rings. The van der Waals surface area contributed by atoms with Crippen molar-refractivity contribution >= 4 is 66.8 Å². The monoisotopic (exact) mass is 492 g/mol. The summed E-state index contributed by atoms with van der Waals surface area (Å²) < 4.78 is 33.7. The zero-order valence-corrected chi connectivity index (χ0v) is 18.2. The Morgan fingerprint density at radius 2 is 1.81 bits per heavy atom. The van der Waals surface area contributed by atoms with Gasteiger partial charge in [-0.1, -0.05) is 12.1 Å². The molecule has 0 radical (unpaired) electrons. The highest BCUT2D eigenvalue weighted by atomic mass is 35.5.